The molecule has 0 aliphatic rings. The number of rotatable bonds is 7. The maximum Gasteiger partial charge on any atom is 0.258 e. The van der Waals surface area contributed by atoms with Crippen molar-refractivity contribution in [2.45, 2.75) is 18.4 Å². The molecule has 0 aliphatic heterocycles. The van der Waals surface area contributed by atoms with E-state index in [1.165, 1.54) is 36.7 Å². The lowest BCUT2D eigenvalue weighted by atomic mass is 10.2. The van der Waals surface area contributed by atoms with Gasteiger partial charge >= 0.3 is 0 Å². The van der Waals surface area contributed by atoms with E-state index >= 15 is 0 Å². The molecule has 1 heterocycles. The average Bonchev–Trinajstić information content (AvgIpc) is 2.71. The van der Waals surface area contributed by atoms with Crippen LogP contribution < -0.4 is 15.0 Å². The second-order valence-corrected chi connectivity index (χ2v) is 7.92. The third kappa shape index (κ3) is 3.71. The van der Waals surface area contributed by atoms with Gasteiger partial charge in [0.2, 0.25) is 10.0 Å². The Kier molecular flexibility index (Phi) is 5.66. The van der Waals surface area contributed by atoms with Gasteiger partial charge in [0.1, 0.15) is 5.82 Å². The number of para-hydroxylation sites is 1. The number of nitrogens with zero attached hydrogens (tertiary/aromatic N) is 2. The number of benzene rings is 2. The summed E-state index contributed by atoms with van der Waals surface area (Å²) in [5.41, 5.74) is 0.209. The first-order valence-electron chi connectivity index (χ1n) is 8.60. The van der Waals surface area contributed by atoms with Gasteiger partial charge < -0.3 is 14.5 Å². The van der Waals surface area contributed by atoms with Crippen molar-refractivity contribution < 1.29 is 17.9 Å². The molecule has 1 aromatic heterocycles. The van der Waals surface area contributed by atoms with E-state index in [2.05, 4.69) is 9.97 Å². The van der Waals surface area contributed by atoms with E-state index < -0.39 is 10.0 Å². The summed E-state index contributed by atoms with van der Waals surface area (Å²) in [6.45, 7) is 1.86. The molecule has 3 rings (SSSR count). The SMILES string of the molecule is CCN(Cc1nc2ccccc2c(=O)[nH]1)S(=O)(=O)c1ccc(OC)c(OC)c1. The summed E-state index contributed by atoms with van der Waals surface area (Å²) >= 11 is 0. The number of sulfonamides is 1. The lowest BCUT2D eigenvalue weighted by Gasteiger charge is -2.20. The summed E-state index contributed by atoms with van der Waals surface area (Å²) in [7, 11) is -0.919. The highest BCUT2D eigenvalue weighted by Gasteiger charge is 2.25. The van der Waals surface area contributed by atoms with Crippen molar-refractivity contribution in [3.05, 3.63) is 58.6 Å². The summed E-state index contributed by atoms with van der Waals surface area (Å²) in [5.74, 6) is 1.02. The molecular formula is C19H21N3O5S. The predicted molar refractivity (Wildman–Crippen MR) is 105 cm³/mol. The zero-order valence-electron chi connectivity index (χ0n) is 15.8. The molecule has 0 aliphatic carbocycles. The number of fused-ring (bicyclic) bond motifs is 1. The first-order valence-corrected chi connectivity index (χ1v) is 10.0. The molecule has 8 nitrogen and oxygen atoms in total. The minimum Gasteiger partial charge on any atom is -0.493 e. The van der Waals surface area contributed by atoms with Crippen molar-refractivity contribution in [3.63, 3.8) is 0 Å². The third-order valence-electron chi connectivity index (χ3n) is 4.33. The van der Waals surface area contributed by atoms with Gasteiger partial charge in [-0.25, -0.2) is 13.4 Å². The van der Waals surface area contributed by atoms with Crippen molar-refractivity contribution in [2.24, 2.45) is 0 Å². The smallest absolute Gasteiger partial charge is 0.258 e. The fourth-order valence-electron chi connectivity index (χ4n) is 2.87. The van der Waals surface area contributed by atoms with Gasteiger partial charge in [0.05, 0.1) is 36.6 Å². The van der Waals surface area contributed by atoms with Crippen molar-refractivity contribution in [1.29, 1.82) is 0 Å². The molecule has 0 unspecified atom stereocenters. The molecule has 0 fully saturated rings. The molecule has 0 saturated carbocycles. The van der Waals surface area contributed by atoms with Gasteiger partial charge in [-0.1, -0.05) is 19.1 Å². The number of methoxy groups -OCH3 is 2. The molecule has 0 radical (unpaired) electrons. The second-order valence-electron chi connectivity index (χ2n) is 5.98. The Balaban J connectivity index is 1.98. The number of ether oxygens (including phenoxy) is 2. The fourth-order valence-corrected chi connectivity index (χ4v) is 4.30. The number of aromatic nitrogens is 2. The van der Waals surface area contributed by atoms with E-state index in [-0.39, 0.29) is 29.4 Å². The minimum absolute atomic E-state index is 0.0622. The zero-order chi connectivity index (χ0) is 20.3. The van der Waals surface area contributed by atoms with Gasteiger partial charge in [-0.05, 0) is 24.3 Å². The Labute approximate surface area is 162 Å². The maximum atomic E-state index is 13.1. The first-order chi connectivity index (χ1) is 13.4. The molecule has 148 valence electrons. The van der Waals surface area contributed by atoms with Gasteiger partial charge in [-0.2, -0.15) is 4.31 Å². The van der Waals surface area contributed by atoms with Crippen LogP contribution in [0, 0.1) is 0 Å². The summed E-state index contributed by atoms with van der Waals surface area (Å²) in [6.07, 6.45) is 0. The van der Waals surface area contributed by atoms with Gasteiger partial charge in [-0.15, -0.1) is 0 Å². The number of H-pyrrole nitrogens is 1. The third-order valence-corrected chi connectivity index (χ3v) is 6.25. The van der Waals surface area contributed by atoms with Crippen LogP contribution in [0.2, 0.25) is 0 Å². The summed E-state index contributed by atoms with van der Waals surface area (Å²) in [4.78, 5) is 19.4. The normalized spacial score (nSPS) is 11.7. The molecular weight excluding hydrogens is 382 g/mol. The monoisotopic (exact) mass is 403 g/mol. The second kappa shape index (κ2) is 7.99. The van der Waals surface area contributed by atoms with E-state index in [0.29, 0.717) is 22.4 Å². The number of hydrogen-bond acceptors (Lipinski definition) is 6. The minimum atomic E-state index is -3.84. The van der Waals surface area contributed by atoms with Crippen molar-refractivity contribution in [3.8, 4) is 11.5 Å². The van der Waals surface area contributed by atoms with Gasteiger partial charge in [-0.3, -0.25) is 4.79 Å². The average molecular weight is 403 g/mol. The molecule has 2 aromatic carbocycles. The Morgan fingerprint density at radius 1 is 1.07 bits per heavy atom. The molecule has 0 atom stereocenters. The van der Waals surface area contributed by atoms with Crippen LogP contribution in [0.1, 0.15) is 12.7 Å². The molecule has 0 saturated heterocycles. The van der Waals surface area contributed by atoms with Crippen LogP contribution >= 0.6 is 0 Å². The van der Waals surface area contributed by atoms with Gasteiger partial charge in [0.25, 0.3) is 5.56 Å². The van der Waals surface area contributed by atoms with Crippen LogP contribution in [0.5, 0.6) is 11.5 Å². The van der Waals surface area contributed by atoms with Crippen LogP contribution in [0.15, 0.2) is 52.2 Å². The Morgan fingerprint density at radius 3 is 2.46 bits per heavy atom. The summed E-state index contributed by atoms with van der Waals surface area (Å²) < 4.78 is 37.8. The van der Waals surface area contributed by atoms with E-state index in [0.717, 1.165) is 0 Å². The van der Waals surface area contributed by atoms with Crippen molar-refractivity contribution in [1.82, 2.24) is 14.3 Å². The van der Waals surface area contributed by atoms with E-state index in [1.807, 2.05) is 0 Å². The van der Waals surface area contributed by atoms with E-state index in [1.54, 1.807) is 31.2 Å². The molecule has 0 amide bonds. The summed E-state index contributed by atoms with van der Waals surface area (Å²) in [5, 5.41) is 0.456. The lowest BCUT2D eigenvalue weighted by Crippen LogP contribution is -2.32. The highest BCUT2D eigenvalue weighted by atomic mass is 32.2. The number of nitrogens with one attached hydrogen (secondary N) is 1. The lowest BCUT2D eigenvalue weighted by molar-refractivity contribution is 0.353. The zero-order valence-corrected chi connectivity index (χ0v) is 16.6. The standard InChI is InChI=1S/C19H21N3O5S/c1-4-22(12-18-20-15-8-6-5-7-14(15)19(23)21-18)28(24,25)13-9-10-16(26-2)17(11-13)27-3/h5-11H,4,12H2,1-3H3,(H,20,21,23). The van der Waals surface area contributed by atoms with Crippen LogP contribution in [0.25, 0.3) is 10.9 Å². The van der Waals surface area contributed by atoms with Gasteiger partial charge in [0, 0.05) is 12.6 Å². The molecule has 1 N–H and O–H groups in total. The Morgan fingerprint density at radius 2 is 1.79 bits per heavy atom. The molecule has 3 aromatic rings. The predicted octanol–water partition coefficient (Wildman–Crippen LogP) is 2.15. The number of aromatic amines is 1. The fraction of sp³-hybridized carbons (Fsp3) is 0.263. The van der Waals surface area contributed by atoms with E-state index in [9.17, 15) is 13.2 Å². The molecule has 0 bridgehead atoms. The topological polar surface area (TPSA) is 102 Å². The van der Waals surface area contributed by atoms with Gasteiger partial charge in [0.15, 0.2) is 11.5 Å². The van der Waals surface area contributed by atoms with Crippen LogP contribution in [-0.2, 0) is 16.6 Å². The molecule has 28 heavy (non-hydrogen) atoms. The number of hydrogen-bond donors (Lipinski definition) is 1. The Hall–Kier alpha value is -2.91. The molecule has 0 spiro atoms. The Bertz CT molecular complexity index is 1160. The van der Waals surface area contributed by atoms with Crippen molar-refractivity contribution in [2.75, 3.05) is 20.8 Å². The molecule has 9 heteroatoms. The highest BCUT2D eigenvalue weighted by Crippen LogP contribution is 2.30. The van der Waals surface area contributed by atoms with Crippen LogP contribution in [0.4, 0.5) is 0 Å². The van der Waals surface area contributed by atoms with Crippen LogP contribution in [0.3, 0.4) is 0 Å². The van der Waals surface area contributed by atoms with Crippen LogP contribution in [-0.4, -0.2) is 43.5 Å². The summed E-state index contributed by atoms with van der Waals surface area (Å²) in [6, 6.07) is 11.3. The quantitative estimate of drug-likeness (QED) is 0.649. The highest BCUT2D eigenvalue weighted by molar-refractivity contribution is 7.89. The van der Waals surface area contributed by atoms with E-state index in [4.69, 9.17) is 9.47 Å². The van der Waals surface area contributed by atoms with Crippen molar-refractivity contribution >= 4 is 20.9 Å². The maximum absolute atomic E-state index is 13.1. The first kappa shape index (κ1) is 19.8. The largest absolute Gasteiger partial charge is 0.493 e.